The van der Waals surface area contributed by atoms with Crippen LogP contribution >= 0.6 is 0 Å². The SMILES string of the molecule is c1ccc(-c2ccccc2N(c2ccc(-c3ccc(-n4c5ccccc5c5cc6ccccc6cc54)cc3)cc2)c2ccc3ccccc3c2)cc1. The van der Waals surface area contributed by atoms with E-state index in [1.807, 2.05) is 0 Å². The molecule has 244 valence electrons. The average molecular weight is 663 g/mol. The van der Waals surface area contributed by atoms with Gasteiger partial charge >= 0.3 is 0 Å². The first-order chi connectivity index (χ1) is 25.8. The molecule has 2 nitrogen and oxygen atoms in total. The summed E-state index contributed by atoms with van der Waals surface area (Å²) in [5.74, 6) is 0. The highest BCUT2D eigenvalue weighted by atomic mass is 15.1. The zero-order chi connectivity index (χ0) is 34.4. The van der Waals surface area contributed by atoms with Gasteiger partial charge in [-0.15, -0.1) is 0 Å². The Balaban J connectivity index is 1.05. The number of aromatic nitrogens is 1. The van der Waals surface area contributed by atoms with Crippen LogP contribution in [0.3, 0.4) is 0 Å². The van der Waals surface area contributed by atoms with Gasteiger partial charge in [0, 0.05) is 33.4 Å². The first-order valence-corrected chi connectivity index (χ1v) is 17.8. The van der Waals surface area contributed by atoms with Crippen molar-refractivity contribution in [3.63, 3.8) is 0 Å². The molecule has 9 aromatic carbocycles. The topological polar surface area (TPSA) is 8.17 Å². The van der Waals surface area contributed by atoms with E-state index in [-0.39, 0.29) is 0 Å². The van der Waals surface area contributed by atoms with Crippen LogP contribution in [0, 0.1) is 0 Å². The fourth-order valence-electron chi connectivity index (χ4n) is 7.81. The van der Waals surface area contributed by atoms with Crippen molar-refractivity contribution in [2.75, 3.05) is 4.90 Å². The molecule has 52 heavy (non-hydrogen) atoms. The van der Waals surface area contributed by atoms with E-state index in [0.29, 0.717) is 0 Å². The Bertz CT molecular complexity index is 2880. The highest BCUT2D eigenvalue weighted by Crippen LogP contribution is 2.42. The molecule has 0 aliphatic heterocycles. The predicted molar refractivity (Wildman–Crippen MR) is 221 cm³/mol. The highest BCUT2D eigenvalue weighted by Gasteiger charge is 2.18. The van der Waals surface area contributed by atoms with Gasteiger partial charge in [0.2, 0.25) is 0 Å². The third kappa shape index (κ3) is 5.12. The summed E-state index contributed by atoms with van der Waals surface area (Å²) in [6.45, 7) is 0. The highest BCUT2D eigenvalue weighted by molar-refractivity contribution is 6.13. The van der Waals surface area contributed by atoms with Crippen LogP contribution in [-0.4, -0.2) is 4.57 Å². The molecule has 0 aliphatic rings. The maximum absolute atomic E-state index is 2.40. The van der Waals surface area contributed by atoms with Crippen LogP contribution in [-0.2, 0) is 0 Å². The molecule has 1 aromatic heterocycles. The Morgan fingerprint density at radius 3 is 1.67 bits per heavy atom. The zero-order valence-electron chi connectivity index (χ0n) is 28.5. The second-order valence-corrected chi connectivity index (χ2v) is 13.4. The lowest BCUT2D eigenvalue weighted by atomic mass is 10.0. The standard InChI is InChI=1S/C50H34N2/c1-2-13-38(14-3-1)45-18-8-10-20-48(45)51(44-31-26-35-12-4-5-15-39(35)32-44)42-27-22-36(23-28-42)37-24-29-43(30-25-37)52-49-21-11-9-19-46(49)47-33-40-16-6-7-17-41(40)34-50(47)52/h1-34H. The maximum Gasteiger partial charge on any atom is 0.0547 e. The van der Waals surface area contributed by atoms with Crippen LogP contribution in [0.5, 0.6) is 0 Å². The van der Waals surface area contributed by atoms with E-state index in [0.717, 1.165) is 22.7 Å². The van der Waals surface area contributed by atoms with Gasteiger partial charge in [-0.2, -0.15) is 0 Å². The van der Waals surface area contributed by atoms with E-state index >= 15 is 0 Å². The first kappa shape index (κ1) is 30.0. The molecule has 0 bridgehead atoms. The Morgan fingerprint density at radius 1 is 0.327 bits per heavy atom. The number of hydrogen-bond acceptors (Lipinski definition) is 1. The normalized spacial score (nSPS) is 11.5. The van der Waals surface area contributed by atoms with Crippen molar-refractivity contribution < 1.29 is 0 Å². The summed E-state index contributed by atoms with van der Waals surface area (Å²) < 4.78 is 2.40. The number of fused-ring (bicyclic) bond motifs is 5. The van der Waals surface area contributed by atoms with Crippen LogP contribution < -0.4 is 4.90 Å². The van der Waals surface area contributed by atoms with E-state index < -0.39 is 0 Å². The number of nitrogens with zero attached hydrogens (tertiary/aromatic N) is 2. The lowest BCUT2D eigenvalue weighted by Gasteiger charge is -2.28. The fourth-order valence-corrected chi connectivity index (χ4v) is 7.81. The fraction of sp³-hybridized carbons (Fsp3) is 0. The number of hydrogen-bond donors (Lipinski definition) is 0. The number of anilines is 3. The Labute approximate surface area is 303 Å². The van der Waals surface area contributed by atoms with E-state index in [1.54, 1.807) is 0 Å². The van der Waals surface area contributed by atoms with Gasteiger partial charge in [-0.25, -0.2) is 0 Å². The van der Waals surface area contributed by atoms with Gasteiger partial charge in [-0.3, -0.25) is 0 Å². The van der Waals surface area contributed by atoms with Gasteiger partial charge in [-0.05, 0) is 98.9 Å². The quantitative estimate of drug-likeness (QED) is 0.172. The molecule has 0 amide bonds. The second kappa shape index (κ2) is 12.5. The molecule has 0 atom stereocenters. The predicted octanol–water partition coefficient (Wildman–Crippen LogP) is 13.9. The molecular formula is C50H34N2. The summed E-state index contributed by atoms with van der Waals surface area (Å²) in [6, 6.07) is 74.7. The molecule has 0 aliphatic carbocycles. The Morgan fingerprint density at radius 2 is 0.904 bits per heavy atom. The zero-order valence-corrected chi connectivity index (χ0v) is 28.5. The van der Waals surface area contributed by atoms with Crippen LogP contribution in [0.25, 0.3) is 71.3 Å². The second-order valence-electron chi connectivity index (χ2n) is 13.4. The van der Waals surface area contributed by atoms with Gasteiger partial charge in [0.15, 0.2) is 0 Å². The van der Waals surface area contributed by atoms with Gasteiger partial charge in [0.05, 0.1) is 16.7 Å². The minimum absolute atomic E-state index is 1.11. The smallest absolute Gasteiger partial charge is 0.0547 e. The lowest BCUT2D eigenvalue weighted by Crippen LogP contribution is -2.11. The molecule has 10 aromatic rings. The third-order valence-electron chi connectivity index (χ3n) is 10.3. The molecule has 0 unspecified atom stereocenters. The molecular weight excluding hydrogens is 629 g/mol. The van der Waals surface area contributed by atoms with Crippen molar-refractivity contribution in [1.29, 1.82) is 0 Å². The van der Waals surface area contributed by atoms with Gasteiger partial charge < -0.3 is 9.47 Å². The molecule has 0 spiro atoms. The minimum atomic E-state index is 1.11. The molecule has 0 saturated heterocycles. The average Bonchev–Trinajstić information content (AvgIpc) is 3.54. The lowest BCUT2D eigenvalue weighted by molar-refractivity contribution is 1.18. The third-order valence-corrected chi connectivity index (χ3v) is 10.3. The maximum atomic E-state index is 2.40. The van der Waals surface area contributed by atoms with Crippen LogP contribution in [0.1, 0.15) is 0 Å². The summed E-state index contributed by atoms with van der Waals surface area (Å²) in [4.78, 5) is 2.38. The molecule has 2 heteroatoms. The van der Waals surface area contributed by atoms with Crippen molar-refractivity contribution in [3.8, 4) is 27.9 Å². The summed E-state index contributed by atoms with van der Waals surface area (Å²) in [5.41, 5.74) is 11.7. The van der Waals surface area contributed by atoms with Gasteiger partial charge in [0.25, 0.3) is 0 Å². The van der Waals surface area contributed by atoms with Crippen molar-refractivity contribution in [3.05, 3.63) is 206 Å². The van der Waals surface area contributed by atoms with Gasteiger partial charge in [0.1, 0.15) is 0 Å². The molecule has 0 radical (unpaired) electrons. The van der Waals surface area contributed by atoms with Crippen molar-refractivity contribution in [1.82, 2.24) is 4.57 Å². The first-order valence-electron chi connectivity index (χ1n) is 17.8. The molecule has 10 rings (SSSR count). The molecule has 1 heterocycles. The summed E-state index contributed by atoms with van der Waals surface area (Å²) in [7, 11) is 0. The van der Waals surface area contributed by atoms with E-state index in [4.69, 9.17) is 0 Å². The summed E-state index contributed by atoms with van der Waals surface area (Å²) >= 11 is 0. The Hall–Kier alpha value is -6.90. The summed E-state index contributed by atoms with van der Waals surface area (Å²) in [5, 5.41) is 7.51. The Kier molecular flexibility index (Phi) is 7.18. The van der Waals surface area contributed by atoms with E-state index in [9.17, 15) is 0 Å². The van der Waals surface area contributed by atoms with Gasteiger partial charge in [-0.1, -0.05) is 146 Å². The van der Waals surface area contributed by atoms with Crippen LogP contribution in [0.4, 0.5) is 17.1 Å². The monoisotopic (exact) mass is 662 g/mol. The number of benzene rings is 9. The van der Waals surface area contributed by atoms with Crippen LogP contribution in [0.2, 0.25) is 0 Å². The molecule has 0 saturated carbocycles. The molecule has 0 fully saturated rings. The molecule has 0 N–H and O–H groups in total. The summed E-state index contributed by atoms with van der Waals surface area (Å²) in [6.07, 6.45) is 0. The minimum Gasteiger partial charge on any atom is -0.310 e. The number of para-hydroxylation sites is 2. The number of rotatable bonds is 6. The van der Waals surface area contributed by atoms with E-state index in [1.165, 1.54) is 65.6 Å². The van der Waals surface area contributed by atoms with Crippen molar-refractivity contribution in [2.24, 2.45) is 0 Å². The van der Waals surface area contributed by atoms with Crippen molar-refractivity contribution >= 4 is 60.4 Å². The van der Waals surface area contributed by atoms with Crippen LogP contribution in [0.15, 0.2) is 206 Å². The largest absolute Gasteiger partial charge is 0.310 e. The van der Waals surface area contributed by atoms with E-state index in [2.05, 4.69) is 216 Å². The van der Waals surface area contributed by atoms with Crippen molar-refractivity contribution in [2.45, 2.75) is 0 Å².